The highest BCUT2D eigenvalue weighted by atomic mass is 19.4. The molecule has 0 spiro atoms. The number of carbonyl (C=O) groups excluding carboxylic acids is 1. The fourth-order valence-corrected chi connectivity index (χ4v) is 2.86. The summed E-state index contributed by atoms with van der Waals surface area (Å²) in [5.74, 6) is -2.05. The molecule has 136 valence electrons. The predicted octanol–water partition coefficient (Wildman–Crippen LogP) is 1.91. The van der Waals surface area contributed by atoms with Crippen LogP contribution < -0.4 is 5.32 Å². The van der Waals surface area contributed by atoms with Crippen molar-refractivity contribution >= 4 is 11.9 Å². The van der Waals surface area contributed by atoms with Gasteiger partial charge in [0.1, 0.15) is 6.04 Å². The molecule has 0 aliphatic carbocycles. The summed E-state index contributed by atoms with van der Waals surface area (Å²) in [6.45, 7) is 5.11. The van der Waals surface area contributed by atoms with Crippen LogP contribution in [0.4, 0.5) is 13.2 Å². The molecule has 2 heterocycles. The molecule has 2 rings (SSSR count). The Kier molecular flexibility index (Phi) is 7.02. The van der Waals surface area contributed by atoms with E-state index in [1.54, 1.807) is 4.90 Å². The van der Waals surface area contributed by atoms with E-state index in [9.17, 15) is 18.0 Å². The Hall–Kier alpha value is -1.82. The van der Waals surface area contributed by atoms with Crippen LogP contribution in [0.3, 0.4) is 0 Å². The number of hydrogen-bond donors (Lipinski definition) is 2. The largest absolute Gasteiger partial charge is 0.490 e. The van der Waals surface area contributed by atoms with Gasteiger partial charge in [0.15, 0.2) is 0 Å². The lowest BCUT2D eigenvalue weighted by molar-refractivity contribution is -0.192. The summed E-state index contributed by atoms with van der Waals surface area (Å²) in [6, 6.07) is 2.43. The van der Waals surface area contributed by atoms with Gasteiger partial charge in [0.05, 0.1) is 12.1 Å². The van der Waals surface area contributed by atoms with Gasteiger partial charge in [0, 0.05) is 12.6 Å². The maximum Gasteiger partial charge on any atom is 0.490 e. The Morgan fingerprint density at radius 2 is 1.88 bits per heavy atom. The highest BCUT2D eigenvalue weighted by Crippen LogP contribution is 2.23. The van der Waals surface area contributed by atoms with Gasteiger partial charge in [0.2, 0.25) is 5.91 Å². The van der Waals surface area contributed by atoms with Crippen molar-refractivity contribution in [3.05, 3.63) is 0 Å². The molecule has 2 saturated heterocycles. The molecule has 0 aromatic rings. The number of carbonyl (C=O) groups is 2. The third kappa shape index (κ3) is 5.37. The van der Waals surface area contributed by atoms with Crippen LogP contribution in [0.2, 0.25) is 0 Å². The number of nitriles is 1. The molecule has 1 amide bonds. The average Bonchev–Trinajstić information content (AvgIpc) is 3.15. The van der Waals surface area contributed by atoms with E-state index in [-0.39, 0.29) is 18.0 Å². The molecule has 24 heavy (non-hydrogen) atoms. The van der Waals surface area contributed by atoms with Crippen LogP contribution in [-0.4, -0.2) is 52.7 Å². The molecule has 0 radical (unpaired) electrons. The Labute approximate surface area is 138 Å². The van der Waals surface area contributed by atoms with E-state index < -0.39 is 12.1 Å². The second-order valence-corrected chi connectivity index (χ2v) is 6.27. The molecule has 0 bridgehead atoms. The molecule has 9 heteroatoms. The predicted molar refractivity (Wildman–Crippen MR) is 78.8 cm³/mol. The van der Waals surface area contributed by atoms with Gasteiger partial charge in [-0.15, -0.1) is 0 Å². The maximum atomic E-state index is 12.3. The van der Waals surface area contributed by atoms with Crippen molar-refractivity contribution in [3.8, 4) is 6.07 Å². The molecule has 3 atom stereocenters. The van der Waals surface area contributed by atoms with Crippen LogP contribution in [0.5, 0.6) is 0 Å². The highest BCUT2D eigenvalue weighted by molar-refractivity contribution is 5.83. The van der Waals surface area contributed by atoms with Crippen LogP contribution in [0, 0.1) is 17.2 Å². The monoisotopic (exact) mass is 349 g/mol. The van der Waals surface area contributed by atoms with Crippen LogP contribution in [0.1, 0.15) is 39.5 Å². The number of carboxylic acid groups (broad SMARTS) is 1. The Bertz CT molecular complexity index is 502. The van der Waals surface area contributed by atoms with Crippen LogP contribution >= 0.6 is 0 Å². The van der Waals surface area contributed by atoms with E-state index >= 15 is 0 Å². The van der Waals surface area contributed by atoms with Gasteiger partial charge in [-0.1, -0.05) is 13.8 Å². The minimum absolute atomic E-state index is 0.0589. The van der Waals surface area contributed by atoms with E-state index in [1.807, 2.05) is 0 Å². The number of rotatable bonds is 2. The van der Waals surface area contributed by atoms with E-state index in [4.69, 9.17) is 15.2 Å². The average molecular weight is 349 g/mol. The molecule has 2 aliphatic heterocycles. The molecule has 2 N–H and O–H groups in total. The summed E-state index contributed by atoms with van der Waals surface area (Å²) in [7, 11) is 0. The van der Waals surface area contributed by atoms with Gasteiger partial charge in [-0.05, 0) is 31.6 Å². The summed E-state index contributed by atoms with van der Waals surface area (Å²) in [6.07, 6.45) is -1.30. The molecule has 0 aromatic heterocycles. The normalized spacial score (nSPS) is 26.7. The number of nitrogens with one attached hydrogen (secondary N) is 1. The van der Waals surface area contributed by atoms with Gasteiger partial charge in [-0.25, -0.2) is 4.79 Å². The third-order valence-electron chi connectivity index (χ3n) is 4.21. The van der Waals surface area contributed by atoms with Gasteiger partial charge in [-0.2, -0.15) is 18.4 Å². The van der Waals surface area contributed by atoms with Gasteiger partial charge < -0.3 is 15.3 Å². The summed E-state index contributed by atoms with van der Waals surface area (Å²) < 4.78 is 31.7. The van der Waals surface area contributed by atoms with Crippen LogP contribution in [-0.2, 0) is 9.59 Å². The number of carboxylic acids is 1. The standard InChI is InChI=1S/C13H21N3O.C2HF3O2/c1-9(2)11-5-6-12(15-11)13(17)16-7-3-4-10(16)8-14;3-2(4,5)1(6)7/h9-12,15H,3-7H2,1-2H3;(H,6,7)/t10-,11+,12-;/m0./s1. The maximum absolute atomic E-state index is 12.3. The first-order valence-corrected chi connectivity index (χ1v) is 7.84. The molecule has 2 aliphatic rings. The van der Waals surface area contributed by atoms with Crippen LogP contribution in [0.15, 0.2) is 0 Å². The fourth-order valence-electron chi connectivity index (χ4n) is 2.86. The number of amides is 1. The Balaban J connectivity index is 0.000000351. The van der Waals surface area contributed by atoms with E-state index in [0.717, 1.165) is 32.2 Å². The molecule has 0 aromatic carbocycles. The summed E-state index contributed by atoms with van der Waals surface area (Å²) in [5, 5.41) is 19.5. The Morgan fingerprint density at radius 1 is 1.29 bits per heavy atom. The minimum Gasteiger partial charge on any atom is -0.475 e. The second-order valence-electron chi connectivity index (χ2n) is 6.27. The third-order valence-corrected chi connectivity index (χ3v) is 4.21. The smallest absolute Gasteiger partial charge is 0.475 e. The van der Waals surface area contributed by atoms with Crippen molar-refractivity contribution in [1.29, 1.82) is 5.26 Å². The lowest BCUT2D eigenvalue weighted by atomic mass is 10.0. The molecule has 6 nitrogen and oxygen atoms in total. The first kappa shape index (κ1) is 20.2. The summed E-state index contributed by atoms with van der Waals surface area (Å²) >= 11 is 0. The van der Waals surface area contributed by atoms with Gasteiger partial charge >= 0.3 is 12.1 Å². The molecular weight excluding hydrogens is 327 g/mol. The van der Waals surface area contributed by atoms with Crippen molar-refractivity contribution in [1.82, 2.24) is 10.2 Å². The molecule has 0 unspecified atom stereocenters. The first-order chi connectivity index (χ1) is 11.1. The SMILES string of the molecule is CC(C)[C@H]1CC[C@@H](C(=O)N2CCC[C@H]2C#N)N1.O=C(O)C(F)(F)F. The van der Waals surface area contributed by atoms with Crippen molar-refractivity contribution in [2.45, 2.75) is 63.8 Å². The Morgan fingerprint density at radius 3 is 2.29 bits per heavy atom. The van der Waals surface area contributed by atoms with E-state index in [1.165, 1.54) is 0 Å². The number of halogens is 3. The lowest BCUT2D eigenvalue weighted by Gasteiger charge is -2.24. The van der Waals surface area contributed by atoms with Crippen molar-refractivity contribution in [2.24, 2.45) is 5.92 Å². The number of hydrogen-bond acceptors (Lipinski definition) is 4. The fraction of sp³-hybridized carbons (Fsp3) is 0.800. The quantitative estimate of drug-likeness (QED) is 0.794. The zero-order valence-electron chi connectivity index (χ0n) is 13.6. The molecule has 0 saturated carbocycles. The zero-order valence-corrected chi connectivity index (χ0v) is 13.6. The number of aliphatic carboxylic acids is 1. The van der Waals surface area contributed by atoms with Gasteiger partial charge in [0.25, 0.3) is 0 Å². The lowest BCUT2D eigenvalue weighted by Crippen LogP contribution is -2.47. The number of likely N-dealkylation sites (tertiary alicyclic amines) is 1. The zero-order chi connectivity index (χ0) is 18.5. The van der Waals surface area contributed by atoms with Crippen LogP contribution in [0.25, 0.3) is 0 Å². The summed E-state index contributed by atoms with van der Waals surface area (Å²) in [4.78, 5) is 23.0. The first-order valence-electron chi connectivity index (χ1n) is 7.84. The van der Waals surface area contributed by atoms with Crippen molar-refractivity contribution in [2.75, 3.05) is 6.54 Å². The van der Waals surface area contributed by atoms with Crippen molar-refractivity contribution < 1.29 is 27.9 Å². The summed E-state index contributed by atoms with van der Waals surface area (Å²) in [5.41, 5.74) is 0. The number of nitrogens with zero attached hydrogens (tertiary/aromatic N) is 2. The highest BCUT2D eigenvalue weighted by Gasteiger charge is 2.38. The topological polar surface area (TPSA) is 93.4 Å². The molecular formula is C15H22F3N3O3. The second kappa shape index (κ2) is 8.33. The van der Waals surface area contributed by atoms with E-state index in [2.05, 4.69) is 25.2 Å². The van der Waals surface area contributed by atoms with E-state index in [0.29, 0.717) is 12.0 Å². The van der Waals surface area contributed by atoms with Gasteiger partial charge in [-0.3, -0.25) is 4.79 Å². The minimum atomic E-state index is -5.08. The number of alkyl halides is 3. The molecule has 2 fully saturated rings. The van der Waals surface area contributed by atoms with Crippen molar-refractivity contribution in [3.63, 3.8) is 0 Å².